The van der Waals surface area contributed by atoms with Crippen LogP contribution in [0.5, 0.6) is 0 Å². The Morgan fingerprint density at radius 1 is 1.35 bits per heavy atom. The Hall–Kier alpha value is -2.08. The highest BCUT2D eigenvalue weighted by atomic mass is 32.1. The molecule has 1 aromatic heterocycles. The average molecular weight is 288 g/mol. The van der Waals surface area contributed by atoms with Gasteiger partial charge in [0.1, 0.15) is 11.5 Å². The van der Waals surface area contributed by atoms with Crippen LogP contribution >= 0.6 is 11.7 Å². The van der Waals surface area contributed by atoms with Crippen molar-refractivity contribution in [2.75, 3.05) is 6.61 Å². The number of benzene rings is 1. The second kappa shape index (κ2) is 5.13. The molecule has 1 aliphatic carbocycles. The van der Waals surface area contributed by atoms with Crippen molar-refractivity contribution >= 4 is 23.5 Å². The van der Waals surface area contributed by atoms with Crippen LogP contribution in [0.1, 0.15) is 28.5 Å². The molecule has 0 N–H and O–H groups in total. The van der Waals surface area contributed by atoms with E-state index >= 15 is 0 Å². The average Bonchev–Trinajstić information content (AvgIpc) is 3.03. The first-order valence-corrected chi connectivity index (χ1v) is 7.06. The Labute approximate surface area is 119 Å². The molecule has 0 bridgehead atoms. The second-order valence-corrected chi connectivity index (χ2v) is 5.05. The SMILES string of the molecule is CCOC(=O)c1nsnc1-c1cccc2c1CC(=O)C2. The van der Waals surface area contributed by atoms with Crippen molar-refractivity contribution in [1.29, 1.82) is 0 Å². The molecule has 6 heteroatoms. The smallest absolute Gasteiger partial charge is 0.360 e. The van der Waals surface area contributed by atoms with Gasteiger partial charge in [0, 0.05) is 18.4 Å². The van der Waals surface area contributed by atoms with Gasteiger partial charge in [-0.3, -0.25) is 4.79 Å². The van der Waals surface area contributed by atoms with E-state index in [0.29, 0.717) is 25.1 Å². The van der Waals surface area contributed by atoms with Crippen LogP contribution in [0.4, 0.5) is 0 Å². The first-order valence-electron chi connectivity index (χ1n) is 6.33. The van der Waals surface area contributed by atoms with Gasteiger partial charge >= 0.3 is 5.97 Å². The summed E-state index contributed by atoms with van der Waals surface area (Å²) in [5, 5.41) is 0. The minimum Gasteiger partial charge on any atom is -0.461 e. The van der Waals surface area contributed by atoms with Gasteiger partial charge in [-0.2, -0.15) is 8.75 Å². The van der Waals surface area contributed by atoms with Crippen molar-refractivity contribution in [2.24, 2.45) is 0 Å². The fraction of sp³-hybridized carbons (Fsp3) is 0.286. The molecule has 0 amide bonds. The Bertz CT molecular complexity index is 693. The van der Waals surface area contributed by atoms with E-state index in [-0.39, 0.29) is 11.5 Å². The zero-order valence-electron chi connectivity index (χ0n) is 10.9. The van der Waals surface area contributed by atoms with Gasteiger partial charge in [0.25, 0.3) is 0 Å². The third kappa shape index (κ3) is 2.12. The largest absolute Gasteiger partial charge is 0.461 e. The molecule has 0 unspecified atom stereocenters. The Balaban J connectivity index is 2.08. The number of aromatic nitrogens is 2. The molecule has 3 rings (SSSR count). The monoisotopic (exact) mass is 288 g/mol. The first-order chi connectivity index (χ1) is 9.70. The van der Waals surface area contributed by atoms with Gasteiger partial charge in [-0.05, 0) is 18.1 Å². The molecule has 0 atom stereocenters. The van der Waals surface area contributed by atoms with Crippen molar-refractivity contribution < 1.29 is 14.3 Å². The lowest BCUT2D eigenvalue weighted by molar-refractivity contribution is -0.117. The number of fused-ring (bicyclic) bond motifs is 1. The number of carbonyl (C=O) groups excluding carboxylic acids is 2. The molecule has 1 aromatic carbocycles. The molecule has 102 valence electrons. The molecule has 0 aliphatic heterocycles. The van der Waals surface area contributed by atoms with E-state index in [1.165, 1.54) is 0 Å². The highest BCUT2D eigenvalue weighted by Crippen LogP contribution is 2.32. The predicted octanol–water partition coefficient (Wildman–Crippen LogP) is 2.05. The van der Waals surface area contributed by atoms with E-state index in [1.54, 1.807) is 6.92 Å². The summed E-state index contributed by atoms with van der Waals surface area (Å²) in [4.78, 5) is 23.5. The van der Waals surface area contributed by atoms with Crippen molar-refractivity contribution in [3.63, 3.8) is 0 Å². The molecule has 2 aromatic rings. The van der Waals surface area contributed by atoms with Crippen molar-refractivity contribution in [2.45, 2.75) is 19.8 Å². The second-order valence-electron chi connectivity index (χ2n) is 4.52. The van der Waals surface area contributed by atoms with Crippen LogP contribution in [0.3, 0.4) is 0 Å². The molecular weight excluding hydrogens is 276 g/mol. The van der Waals surface area contributed by atoms with Crippen molar-refractivity contribution in [3.8, 4) is 11.3 Å². The molecule has 20 heavy (non-hydrogen) atoms. The number of esters is 1. The zero-order valence-corrected chi connectivity index (χ0v) is 11.7. The summed E-state index contributed by atoms with van der Waals surface area (Å²) in [6, 6.07) is 5.69. The lowest BCUT2D eigenvalue weighted by Crippen LogP contribution is -2.07. The van der Waals surface area contributed by atoms with Gasteiger partial charge in [-0.15, -0.1) is 0 Å². The predicted molar refractivity (Wildman–Crippen MR) is 73.7 cm³/mol. The minimum atomic E-state index is -0.474. The number of ether oxygens (including phenoxy) is 1. The summed E-state index contributed by atoms with van der Waals surface area (Å²) in [5.41, 5.74) is 3.51. The van der Waals surface area contributed by atoms with E-state index in [4.69, 9.17) is 4.74 Å². The number of nitrogens with zero attached hydrogens (tertiary/aromatic N) is 2. The summed E-state index contributed by atoms with van der Waals surface area (Å²) < 4.78 is 13.2. The lowest BCUT2D eigenvalue weighted by Gasteiger charge is -2.06. The van der Waals surface area contributed by atoms with Gasteiger partial charge in [0.15, 0.2) is 5.69 Å². The summed E-state index contributed by atoms with van der Waals surface area (Å²) in [5.74, 6) is -0.286. The van der Waals surface area contributed by atoms with Crippen LogP contribution in [0.2, 0.25) is 0 Å². The molecule has 1 aliphatic rings. The Morgan fingerprint density at radius 3 is 3.00 bits per heavy atom. The maximum Gasteiger partial charge on any atom is 0.360 e. The van der Waals surface area contributed by atoms with E-state index in [2.05, 4.69) is 8.75 Å². The third-order valence-electron chi connectivity index (χ3n) is 3.25. The van der Waals surface area contributed by atoms with E-state index in [9.17, 15) is 9.59 Å². The van der Waals surface area contributed by atoms with Crippen LogP contribution in [-0.2, 0) is 22.4 Å². The molecule has 0 spiro atoms. The van der Waals surface area contributed by atoms with E-state index < -0.39 is 5.97 Å². The van der Waals surface area contributed by atoms with Crippen molar-refractivity contribution in [3.05, 3.63) is 35.0 Å². The van der Waals surface area contributed by atoms with Crippen molar-refractivity contribution in [1.82, 2.24) is 8.75 Å². The summed E-state index contributed by atoms with van der Waals surface area (Å²) in [7, 11) is 0. The standard InChI is InChI=1S/C14H12N2O3S/c1-2-19-14(18)13-12(15-20-16-13)10-5-3-4-8-6-9(17)7-11(8)10/h3-5H,2,6-7H2,1H3. The van der Waals surface area contributed by atoms with Gasteiger partial charge in [-0.1, -0.05) is 18.2 Å². The summed E-state index contributed by atoms with van der Waals surface area (Å²) in [6.07, 6.45) is 0.848. The first kappa shape index (κ1) is 12.9. The number of rotatable bonds is 3. The molecule has 5 nitrogen and oxygen atoms in total. The maximum atomic E-state index is 11.9. The lowest BCUT2D eigenvalue weighted by atomic mass is 10.00. The number of hydrogen-bond donors (Lipinski definition) is 0. The third-order valence-corrected chi connectivity index (χ3v) is 3.78. The number of carbonyl (C=O) groups is 2. The summed E-state index contributed by atoms with van der Waals surface area (Å²) >= 11 is 0.976. The van der Waals surface area contributed by atoms with Crippen LogP contribution < -0.4 is 0 Å². The van der Waals surface area contributed by atoms with Gasteiger partial charge in [0.05, 0.1) is 18.3 Å². The minimum absolute atomic E-state index is 0.188. The topological polar surface area (TPSA) is 69.2 Å². The van der Waals surface area contributed by atoms with Crippen LogP contribution in [0.25, 0.3) is 11.3 Å². The molecule has 0 radical (unpaired) electrons. The van der Waals surface area contributed by atoms with Gasteiger partial charge in [-0.25, -0.2) is 4.79 Å². The summed E-state index contributed by atoms with van der Waals surface area (Å²) in [6.45, 7) is 2.04. The van der Waals surface area contributed by atoms with E-state index in [0.717, 1.165) is 28.4 Å². The fourth-order valence-electron chi connectivity index (χ4n) is 2.40. The molecular formula is C14H12N2O3S. The normalized spacial score (nSPS) is 13.3. The fourth-order valence-corrected chi connectivity index (χ4v) is 2.95. The maximum absolute atomic E-state index is 11.9. The highest BCUT2D eigenvalue weighted by Gasteiger charge is 2.26. The van der Waals surface area contributed by atoms with Crippen LogP contribution in [-0.4, -0.2) is 27.1 Å². The molecule has 0 saturated carbocycles. The number of hydrogen-bond acceptors (Lipinski definition) is 6. The van der Waals surface area contributed by atoms with Crippen LogP contribution in [0, 0.1) is 0 Å². The Morgan fingerprint density at radius 2 is 2.20 bits per heavy atom. The Kier molecular flexibility index (Phi) is 3.31. The van der Waals surface area contributed by atoms with Gasteiger partial charge < -0.3 is 4.74 Å². The number of ketones is 1. The zero-order chi connectivity index (χ0) is 14.1. The highest BCUT2D eigenvalue weighted by molar-refractivity contribution is 6.99. The van der Waals surface area contributed by atoms with Crippen LogP contribution in [0.15, 0.2) is 18.2 Å². The molecule has 0 saturated heterocycles. The van der Waals surface area contributed by atoms with Gasteiger partial charge in [0.2, 0.25) is 0 Å². The molecule has 0 fully saturated rings. The number of Topliss-reactive ketones (excluding diaryl/α,β-unsaturated/α-hetero) is 1. The quantitative estimate of drug-likeness (QED) is 0.808. The van der Waals surface area contributed by atoms with E-state index in [1.807, 2.05) is 18.2 Å². The molecule has 1 heterocycles.